The number of aromatic nitrogens is 3. The minimum Gasteiger partial charge on any atom is -0.339 e. The zero-order valence-corrected chi connectivity index (χ0v) is 17.1. The van der Waals surface area contributed by atoms with Crippen LogP contribution < -0.4 is 0 Å². The summed E-state index contributed by atoms with van der Waals surface area (Å²) in [5.41, 5.74) is 4.26. The molecule has 0 aliphatic carbocycles. The van der Waals surface area contributed by atoms with Gasteiger partial charge in [-0.25, -0.2) is 0 Å². The van der Waals surface area contributed by atoms with Gasteiger partial charge in [-0.15, -0.1) is 10.2 Å². The molecule has 0 radical (unpaired) electrons. The fraction of sp³-hybridized carbons (Fsp3) is 0.476. The third-order valence-electron chi connectivity index (χ3n) is 5.53. The lowest BCUT2D eigenvalue weighted by Crippen LogP contribution is -2.44. The molecule has 1 aromatic carbocycles. The lowest BCUT2D eigenvalue weighted by Gasteiger charge is -2.35. The molecule has 4 rings (SSSR count). The van der Waals surface area contributed by atoms with Crippen LogP contribution in [0.25, 0.3) is 16.6 Å². The SMILES string of the molecule is CC[C@H]1CCCCN1C(=O)CSc1nnc2c(C)cc3ccc(C)cc3n12. The van der Waals surface area contributed by atoms with Gasteiger partial charge >= 0.3 is 0 Å². The molecule has 1 atom stereocenters. The number of aryl methyl sites for hydroxylation is 2. The van der Waals surface area contributed by atoms with Gasteiger partial charge in [0.05, 0.1) is 11.3 Å². The average Bonchev–Trinajstić information content (AvgIpc) is 3.12. The molecule has 0 spiro atoms. The van der Waals surface area contributed by atoms with Crippen molar-refractivity contribution >= 4 is 34.2 Å². The fourth-order valence-corrected chi connectivity index (χ4v) is 4.90. The predicted octanol–water partition coefficient (Wildman–Crippen LogP) is 4.38. The number of hydrogen-bond donors (Lipinski definition) is 0. The molecule has 6 heteroatoms. The summed E-state index contributed by atoms with van der Waals surface area (Å²) in [4.78, 5) is 14.9. The van der Waals surface area contributed by atoms with Crippen LogP contribution in [0.5, 0.6) is 0 Å². The second-order valence-electron chi connectivity index (χ2n) is 7.46. The van der Waals surface area contributed by atoms with Crippen molar-refractivity contribution in [2.75, 3.05) is 12.3 Å². The molecular weight excluding hydrogens is 356 g/mol. The number of likely N-dealkylation sites (tertiary alicyclic amines) is 1. The number of piperidine rings is 1. The maximum Gasteiger partial charge on any atom is 0.233 e. The van der Waals surface area contributed by atoms with Gasteiger partial charge in [-0.05, 0) is 68.2 Å². The first-order valence-electron chi connectivity index (χ1n) is 9.76. The topological polar surface area (TPSA) is 50.5 Å². The molecule has 1 fully saturated rings. The van der Waals surface area contributed by atoms with E-state index in [1.807, 2.05) is 0 Å². The first-order valence-corrected chi connectivity index (χ1v) is 10.7. The first kappa shape index (κ1) is 18.3. The highest BCUT2D eigenvalue weighted by atomic mass is 32.2. The average molecular weight is 383 g/mol. The Bertz CT molecular complexity index is 997. The van der Waals surface area contributed by atoms with Gasteiger partial charge in [0.1, 0.15) is 0 Å². The number of carbonyl (C=O) groups excluding carboxylic acids is 1. The van der Waals surface area contributed by atoms with E-state index in [4.69, 9.17) is 0 Å². The van der Waals surface area contributed by atoms with Crippen LogP contribution in [0, 0.1) is 13.8 Å². The molecule has 3 aromatic rings. The maximum absolute atomic E-state index is 12.8. The number of hydrogen-bond acceptors (Lipinski definition) is 4. The Morgan fingerprint density at radius 3 is 2.89 bits per heavy atom. The summed E-state index contributed by atoms with van der Waals surface area (Å²) in [5, 5.41) is 10.7. The van der Waals surface area contributed by atoms with E-state index in [9.17, 15) is 4.79 Å². The quantitative estimate of drug-likeness (QED) is 0.628. The van der Waals surface area contributed by atoms with E-state index < -0.39 is 0 Å². The number of amides is 1. The molecule has 1 amide bonds. The zero-order chi connectivity index (χ0) is 19.0. The molecule has 27 heavy (non-hydrogen) atoms. The Morgan fingerprint density at radius 2 is 2.07 bits per heavy atom. The van der Waals surface area contributed by atoms with Gasteiger partial charge in [-0.1, -0.05) is 30.8 Å². The number of fused-ring (bicyclic) bond motifs is 3. The van der Waals surface area contributed by atoms with Gasteiger partial charge < -0.3 is 4.90 Å². The van der Waals surface area contributed by atoms with E-state index in [-0.39, 0.29) is 5.91 Å². The molecule has 0 saturated carbocycles. The van der Waals surface area contributed by atoms with Gasteiger partial charge in [0.15, 0.2) is 10.8 Å². The summed E-state index contributed by atoms with van der Waals surface area (Å²) >= 11 is 1.50. The molecule has 2 aromatic heterocycles. The molecule has 0 N–H and O–H groups in total. The highest BCUT2D eigenvalue weighted by molar-refractivity contribution is 7.99. The number of pyridine rings is 1. The van der Waals surface area contributed by atoms with Gasteiger partial charge in [0, 0.05) is 12.6 Å². The van der Waals surface area contributed by atoms with Crippen LogP contribution in [0.3, 0.4) is 0 Å². The molecule has 142 valence electrons. The van der Waals surface area contributed by atoms with Crippen molar-refractivity contribution in [3.63, 3.8) is 0 Å². The third kappa shape index (κ3) is 3.43. The number of carbonyl (C=O) groups is 1. The molecule has 0 unspecified atom stereocenters. The summed E-state index contributed by atoms with van der Waals surface area (Å²) < 4.78 is 2.10. The van der Waals surface area contributed by atoms with Crippen LogP contribution in [-0.4, -0.2) is 43.7 Å². The van der Waals surface area contributed by atoms with Gasteiger partial charge in [0.2, 0.25) is 5.91 Å². The summed E-state index contributed by atoms with van der Waals surface area (Å²) in [7, 11) is 0. The highest BCUT2D eigenvalue weighted by Crippen LogP contribution is 2.27. The summed E-state index contributed by atoms with van der Waals surface area (Å²) in [6.07, 6.45) is 4.51. The van der Waals surface area contributed by atoms with Crippen LogP contribution in [-0.2, 0) is 4.79 Å². The van der Waals surface area contributed by atoms with Crippen molar-refractivity contribution in [3.8, 4) is 0 Å². The molecule has 3 heterocycles. The van der Waals surface area contributed by atoms with Crippen LogP contribution in [0.15, 0.2) is 29.4 Å². The lowest BCUT2D eigenvalue weighted by molar-refractivity contribution is -0.132. The largest absolute Gasteiger partial charge is 0.339 e. The third-order valence-corrected chi connectivity index (χ3v) is 6.44. The van der Waals surface area contributed by atoms with Crippen LogP contribution in [0.2, 0.25) is 0 Å². The predicted molar refractivity (Wildman–Crippen MR) is 110 cm³/mol. The lowest BCUT2D eigenvalue weighted by atomic mass is 10.0. The maximum atomic E-state index is 12.8. The highest BCUT2D eigenvalue weighted by Gasteiger charge is 2.25. The normalized spacial score (nSPS) is 17.7. The van der Waals surface area contributed by atoms with Gasteiger partial charge in [-0.3, -0.25) is 9.20 Å². The molecule has 5 nitrogen and oxygen atoms in total. The summed E-state index contributed by atoms with van der Waals surface area (Å²) in [6, 6.07) is 8.96. The summed E-state index contributed by atoms with van der Waals surface area (Å²) in [6.45, 7) is 7.21. The zero-order valence-electron chi connectivity index (χ0n) is 16.2. The van der Waals surface area contributed by atoms with Gasteiger partial charge in [-0.2, -0.15) is 0 Å². The number of nitrogens with zero attached hydrogens (tertiary/aromatic N) is 4. The van der Waals surface area contributed by atoms with Crippen molar-refractivity contribution < 1.29 is 4.79 Å². The molecule has 0 bridgehead atoms. The Kier molecular flexibility index (Phi) is 5.08. The van der Waals surface area contributed by atoms with E-state index in [0.29, 0.717) is 11.8 Å². The van der Waals surface area contributed by atoms with Crippen molar-refractivity contribution in [2.45, 2.75) is 57.7 Å². The van der Waals surface area contributed by atoms with Gasteiger partial charge in [0.25, 0.3) is 0 Å². The van der Waals surface area contributed by atoms with Crippen molar-refractivity contribution in [3.05, 3.63) is 35.4 Å². The smallest absolute Gasteiger partial charge is 0.233 e. The second-order valence-corrected chi connectivity index (χ2v) is 8.41. The van der Waals surface area contributed by atoms with Crippen LogP contribution in [0.1, 0.15) is 43.7 Å². The molecule has 1 aliphatic rings. The Morgan fingerprint density at radius 1 is 1.22 bits per heavy atom. The number of benzene rings is 1. The Hall–Kier alpha value is -2.08. The van der Waals surface area contributed by atoms with E-state index in [0.717, 1.165) is 47.7 Å². The molecule has 1 aliphatic heterocycles. The van der Waals surface area contributed by atoms with Crippen LogP contribution >= 0.6 is 11.8 Å². The van der Waals surface area contributed by atoms with Crippen molar-refractivity contribution in [1.82, 2.24) is 19.5 Å². The van der Waals surface area contributed by atoms with E-state index in [2.05, 4.69) is 64.5 Å². The van der Waals surface area contributed by atoms with Crippen molar-refractivity contribution in [2.24, 2.45) is 0 Å². The Balaban J connectivity index is 1.63. The standard InChI is InChI=1S/C21H26N4OS/c1-4-17-7-5-6-10-24(17)19(26)13-27-21-23-22-20-15(3)12-16-9-8-14(2)11-18(16)25(20)21/h8-9,11-12,17H,4-7,10,13H2,1-3H3/t17-/m0/s1. The minimum atomic E-state index is 0.219. The first-order chi connectivity index (χ1) is 13.1. The molecular formula is C21H26N4OS. The Labute approximate surface area is 164 Å². The van der Waals surface area contributed by atoms with E-state index in [1.165, 1.54) is 29.1 Å². The second kappa shape index (κ2) is 7.50. The minimum absolute atomic E-state index is 0.219. The van der Waals surface area contributed by atoms with Crippen LogP contribution in [0.4, 0.5) is 0 Å². The monoisotopic (exact) mass is 382 g/mol. The van der Waals surface area contributed by atoms with E-state index in [1.54, 1.807) is 0 Å². The number of thioether (sulfide) groups is 1. The number of rotatable bonds is 4. The van der Waals surface area contributed by atoms with E-state index >= 15 is 0 Å². The molecule has 1 saturated heterocycles. The fourth-order valence-electron chi connectivity index (χ4n) is 4.07. The van der Waals surface area contributed by atoms with Crippen molar-refractivity contribution in [1.29, 1.82) is 0 Å². The summed E-state index contributed by atoms with van der Waals surface area (Å²) in [5.74, 6) is 0.634.